The third-order valence-corrected chi connectivity index (χ3v) is 5.61. The highest BCUT2D eigenvalue weighted by atomic mass is 32.1. The van der Waals surface area contributed by atoms with Crippen molar-refractivity contribution in [3.05, 3.63) is 65.0 Å². The minimum absolute atomic E-state index is 0.0229. The molecule has 3 amide bonds. The summed E-state index contributed by atoms with van der Waals surface area (Å²) in [4.78, 5) is 42.2. The number of benzene rings is 2. The molecule has 2 aromatic carbocycles. The summed E-state index contributed by atoms with van der Waals surface area (Å²) in [7, 11) is 0. The Labute approximate surface area is 177 Å². The molecule has 7 nitrogen and oxygen atoms in total. The van der Waals surface area contributed by atoms with Crippen LogP contribution >= 0.6 is 11.3 Å². The number of hydrogen-bond donors (Lipinski definition) is 2. The summed E-state index contributed by atoms with van der Waals surface area (Å²) in [5, 5.41) is 7.60. The average molecular weight is 420 g/mol. The summed E-state index contributed by atoms with van der Waals surface area (Å²) in [6.45, 7) is 2.12. The van der Waals surface area contributed by atoms with Crippen LogP contribution in [0.25, 0.3) is 11.3 Å². The number of amides is 3. The molecule has 0 radical (unpaired) electrons. The van der Waals surface area contributed by atoms with Gasteiger partial charge in [0.05, 0.1) is 12.2 Å². The first-order valence-electron chi connectivity index (χ1n) is 9.51. The third kappa shape index (κ3) is 4.23. The first kappa shape index (κ1) is 19.8. The molecule has 3 aromatic rings. The molecule has 0 bridgehead atoms. The van der Waals surface area contributed by atoms with Gasteiger partial charge in [-0.2, -0.15) is 0 Å². The SMILES string of the molecule is CC(=O)N1CCc2ccc(-c3csc(NC(=O)CNC(=O)c4ccccc4)n3)cc21. The number of carbonyl (C=O) groups is 3. The molecule has 0 saturated heterocycles. The van der Waals surface area contributed by atoms with Crippen LogP contribution in [0.3, 0.4) is 0 Å². The van der Waals surface area contributed by atoms with Gasteiger partial charge in [-0.1, -0.05) is 30.3 Å². The van der Waals surface area contributed by atoms with Gasteiger partial charge < -0.3 is 15.5 Å². The van der Waals surface area contributed by atoms with Crippen LogP contribution in [0.2, 0.25) is 0 Å². The molecule has 1 aromatic heterocycles. The average Bonchev–Trinajstić information content (AvgIpc) is 3.39. The number of anilines is 2. The van der Waals surface area contributed by atoms with Crippen molar-refractivity contribution < 1.29 is 14.4 Å². The van der Waals surface area contributed by atoms with Crippen molar-refractivity contribution in [3.63, 3.8) is 0 Å². The maximum atomic E-state index is 12.2. The number of rotatable bonds is 5. The van der Waals surface area contributed by atoms with E-state index in [4.69, 9.17) is 0 Å². The van der Waals surface area contributed by atoms with Gasteiger partial charge in [0.25, 0.3) is 5.91 Å². The first-order valence-corrected chi connectivity index (χ1v) is 10.4. The van der Waals surface area contributed by atoms with E-state index in [9.17, 15) is 14.4 Å². The summed E-state index contributed by atoms with van der Waals surface area (Å²) in [6.07, 6.45) is 0.849. The molecule has 0 unspecified atom stereocenters. The second-order valence-electron chi connectivity index (χ2n) is 6.90. The maximum absolute atomic E-state index is 12.2. The second-order valence-corrected chi connectivity index (χ2v) is 7.76. The molecule has 1 aliphatic heterocycles. The number of thiazole rings is 1. The van der Waals surface area contributed by atoms with Gasteiger partial charge in [-0.15, -0.1) is 11.3 Å². The van der Waals surface area contributed by atoms with Crippen LogP contribution in [0, 0.1) is 0 Å². The second kappa shape index (κ2) is 8.46. The molecular formula is C22H20N4O3S. The topological polar surface area (TPSA) is 91.4 Å². The number of fused-ring (bicyclic) bond motifs is 1. The van der Waals surface area contributed by atoms with Crippen molar-refractivity contribution in [2.75, 3.05) is 23.3 Å². The molecule has 0 saturated carbocycles. The number of nitrogens with one attached hydrogen (secondary N) is 2. The summed E-state index contributed by atoms with van der Waals surface area (Å²) >= 11 is 1.31. The van der Waals surface area contributed by atoms with Crippen LogP contribution in [0.4, 0.5) is 10.8 Å². The van der Waals surface area contributed by atoms with E-state index in [-0.39, 0.29) is 24.3 Å². The standard InChI is InChI=1S/C22H20N4O3S/c1-14(27)26-10-9-15-7-8-17(11-19(15)26)18-13-30-22(24-18)25-20(28)12-23-21(29)16-5-3-2-4-6-16/h2-8,11,13H,9-10,12H2,1H3,(H,23,29)(H,24,25,28). The van der Waals surface area contributed by atoms with E-state index in [1.807, 2.05) is 29.6 Å². The quantitative estimate of drug-likeness (QED) is 0.664. The molecule has 8 heteroatoms. The van der Waals surface area contributed by atoms with Gasteiger partial charge in [0.1, 0.15) is 0 Å². The number of carbonyl (C=O) groups excluding carboxylic acids is 3. The van der Waals surface area contributed by atoms with Crippen LogP contribution in [-0.4, -0.2) is 35.8 Å². The molecule has 30 heavy (non-hydrogen) atoms. The summed E-state index contributed by atoms with van der Waals surface area (Å²) in [6, 6.07) is 14.7. The lowest BCUT2D eigenvalue weighted by molar-refractivity contribution is -0.116. The summed E-state index contributed by atoms with van der Waals surface area (Å²) < 4.78 is 0. The van der Waals surface area contributed by atoms with Crippen LogP contribution < -0.4 is 15.5 Å². The Kier molecular flexibility index (Phi) is 5.58. The first-order chi connectivity index (χ1) is 14.5. The van der Waals surface area contributed by atoms with Crippen molar-refractivity contribution in [1.82, 2.24) is 10.3 Å². The minimum Gasteiger partial charge on any atom is -0.343 e. The zero-order valence-corrected chi connectivity index (χ0v) is 17.2. The number of aromatic nitrogens is 1. The van der Waals surface area contributed by atoms with E-state index in [2.05, 4.69) is 15.6 Å². The highest BCUT2D eigenvalue weighted by molar-refractivity contribution is 7.14. The van der Waals surface area contributed by atoms with Crippen molar-refractivity contribution in [2.45, 2.75) is 13.3 Å². The van der Waals surface area contributed by atoms with Gasteiger partial charge in [-0.3, -0.25) is 14.4 Å². The van der Waals surface area contributed by atoms with Gasteiger partial charge >= 0.3 is 0 Å². The zero-order chi connectivity index (χ0) is 21.1. The highest BCUT2D eigenvalue weighted by Gasteiger charge is 2.23. The fraction of sp³-hybridized carbons (Fsp3) is 0.182. The predicted octanol–water partition coefficient (Wildman–Crippen LogP) is 3.09. The fourth-order valence-electron chi connectivity index (χ4n) is 3.34. The van der Waals surface area contributed by atoms with Crippen molar-refractivity contribution in [1.29, 1.82) is 0 Å². The van der Waals surface area contributed by atoms with Crippen LogP contribution in [0.5, 0.6) is 0 Å². The van der Waals surface area contributed by atoms with Gasteiger partial charge in [0.15, 0.2) is 5.13 Å². The van der Waals surface area contributed by atoms with Crippen molar-refractivity contribution in [3.8, 4) is 11.3 Å². The maximum Gasteiger partial charge on any atom is 0.251 e. The molecule has 0 fully saturated rings. The van der Waals surface area contributed by atoms with Crippen LogP contribution in [0.1, 0.15) is 22.8 Å². The van der Waals surface area contributed by atoms with E-state index < -0.39 is 0 Å². The Hall–Kier alpha value is -3.52. The molecule has 2 N–H and O–H groups in total. The molecule has 152 valence electrons. The van der Waals surface area contributed by atoms with Gasteiger partial charge in [0.2, 0.25) is 11.8 Å². The van der Waals surface area contributed by atoms with Gasteiger partial charge in [-0.05, 0) is 30.2 Å². The fourth-order valence-corrected chi connectivity index (χ4v) is 4.08. The molecule has 0 spiro atoms. The zero-order valence-electron chi connectivity index (χ0n) is 16.3. The Balaban J connectivity index is 1.39. The lowest BCUT2D eigenvalue weighted by Gasteiger charge is -2.15. The van der Waals surface area contributed by atoms with Crippen molar-refractivity contribution in [2.24, 2.45) is 0 Å². The lowest BCUT2D eigenvalue weighted by Crippen LogP contribution is -2.32. The normalized spacial score (nSPS) is 12.4. The molecule has 0 atom stereocenters. The van der Waals surface area contributed by atoms with E-state index in [1.54, 1.807) is 36.1 Å². The smallest absolute Gasteiger partial charge is 0.251 e. The molecular weight excluding hydrogens is 400 g/mol. The van der Waals surface area contributed by atoms with Crippen LogP contribution in [-0.2, 0) is 16.0 Å². The highest BCUT2D eigenvalue weighted by Crippen LogP contribution is 2.33. The number of hydrogen-bond acceptors (Lipinski definition) is 5. The Morgan fingerprint density at radius 1 is 1.13 bits per heavy atom. The molecule has 0 aliphatic carbocycles. The van der Waals surface area contributed by atoms with Gasteiger partial charge in [0, 0.05) is 35.7 Å². The predicted molar refractivity (Wildman–Crippen MR) is 117 cm³/mol. The molecule has 1 aliphatic rings. The van der Waals surface area contributed by atoms with E-state index in [0.717, 1.165) is 28.9 Å². The lowest BCUT2D eigenvalue weighted by atomic mass is 10.1. The van der Waals surface area contributed by atoms with Gasteiger partial charge in [-0.25, -0.2) is 4.98 Å². The summed E-state index contributed by atoms with van der Waals surface area (Å²) in [5.41, 5.74) is 4.17. The van der Waals surface area contributed by atoms with E-state index >= 15 is 0 Å². The molecule has 2 heterocycles. The third-order valence-electron chi connectivity index (χ3n) is 4.85. The monoisotopic (exact) mass is 420 g/mol. The van der Waals surface area contributed by atoms with E-state index in [1.165, 1.54) is 11.3 Å². The molecule has 4 rings (SSSR count). The minimum atomic E-state index is -0.350. The number of nitrogens with zero attached hydrogens (tertiary/aromatic N) is 2. The van der Waals surface area contributed by atoms with Crippen molar-refractivity contribution >= 4 is 39.9 Å². The van der Waals surface area contributed by atoms with Crippen LogP contribution in [0.15, 0.2) is 53.9 Å². The Morgan fingerprint density at radius 3 is 2.70 bits per heavy atom. The Morgan fingerprint density at radius 2 is 1.93 bits per heavy atom. The Bertz CT molecular complexity index is 1110. The largest absolute Gasteiger partial charge is 0.343 e. The summed E-state index contributed by atoms with van der Waals surface area (Å²) in [5.74, 6) is -0.634. The van der Waals surface area contributed by atoms with E-state index in [0.29, 0.717) is 17.2 Å².